The predicted octanol–water partition coefficient (Wildman–Crippen LogP) is 4.11. The Balaban J connectivity index is 2.75. The Morgan fingerprint density at radius 1 is 1.06 bits per heavy atom. The third kappa shape index (κ3) is 5.18. The monoisotopic (exact) mass is 230 g/mol. The first kappa shape index (κ1) is 13.1. The molecule has 16 heavy (non-hydrogen) atoms. The highest BCUT2D eigenvalue weighted by Crippen LogP contribution is 2.09. The smallest absolute Gasteiger partial charge is 0.127 e. The molecule has 0 aromatic heterocycles. The lowest BCUT2D eigenvalue weighted by atomic mass is 10.0. The fourth-order valence-corrected chi connectivity index (χ4v) is 1.97. The van der Waals surface area contributed by atoms with Crippen LogP contribution in [0.2, 0.25) is 19.6 Å². The third-order valence-electron chi connectivity index (χ3n) is 2.18. The van der Waals surface area contributed by atoms with Gasteiger partial charge in [0, 0.05) is 5.56 Å². The Hall–Kier alpha value is -1.00. The molecule has 0 spiro atoms. The van der Waals surface area contributed by atoms with Crippen molar-refractivity contribution in [2.75, 3.05) is 0 Å². The first-order valence-corrected chi connectivity index (χ1v) is 9.49. The molecule has 0 atom stereocenters. The van der Waals surface area contributed by atoms with Crippen LogP contribution in [-0.2, 0) is 6.42 Å². The van der Waals surface area contributed by atoms with Gasteiger partial charge in [0.2, 0.25) is 0 Å². The summed E-state index contributed by atoms with van der Waals surface area (Å²) in [6.07, 6.45) is 1.15. The van der Waals surface area contributed by atoms with E-state index < -0.39 is 8.07 Å². The average Bonchev–Trinajstić information content (AvgIpc) is 2.14. The van der Waals surface area contributed by atoms with E-state index in [0.29, 0.717) is 0 Å². The van der Waals surface area contributed by atoms with Crippen LogP contribution in [0, 0.1) is 17.4 Å². The van der Waals surface area contributed by atoms with Gasteiger partial charge in [-0.05, 0) is 30.0 Å². The van der Waals surface area contributed by atoms with E-state index in [1.54, 1.807) is 0 Å². The molecular weight excluding hydrogens is 208 g/mol. The largest absolute Gasteiger partial charge is 0.129 e. The molecule has 1 rings (SSSR count). The van der Waals surface area contributed by atoms with Gasteiger partial charge in [0.1, 0.15) is 8.07 Å². The summed E-state index contributed by atoms with van der Waals surface area (Å²) in [4.78, 5) is 0. The minimum absolute atomic E-state index is 0.721. The Bertz CT molecular complexity index is 382. The van der Waals surface area contributed by atoms with E-state index in [4.69, 9.17) is 0 Å². The van der Waals surface area contributed by atoms with E-state index in [9.17, 15) is 0 Å². The second-order valence-electron chi connectivity index (χ2n) is 5.79. The first-order chi connectivity index (χ1) is 7.37. The lowest BCUT2D eigenvalue weighted by Crippen LogP contribution is -2.16. The highest BCUT2D eigenvalue weighted by atomic mass is 28.3. The molecule has 1 aromatic carbocycles. The molecule has 0 aliphatic carbocycles. The summed E-state index contributed by atoms with van der Waals surface area (Å²) in [5.74, 6) is 4.00. The second kappa shape index (κ2) is 5.36. The number of hydrogen-bond donors (Lipinski definition) is 0. The lowest BCUT2D eigenvalue weighted by molar-refractivity contribution is 0.647. The zero-order chi connectivity index (χ0) is 12.2. The van der Waals surface area contributed by atoms with Crippen LogP contribution in [0.5, 0.6) is 0 Å². The maximum atomic E-state index is 3.39. The highest BCUT2D eigenvalue weighted by Gasteiger charge is 2.07. The van der Waals surface area contributed by atoms with Gasteiger partial charge in [-0.3, -0.25) is 0 Å². The van der Waals surface area contributed by atoms with Crippen molar-refractivity contribution in [1.82, 2.24) is 0 Å². The van der Waals surface area contributed by atoms with E-state index in [2.05, 4.69) is 69.2 Å². The summed E-state index contributed by atoms with van der Waals surface area (Å²) in [7, 11) is -1.24. The van der Waals surface area contributed by atoms with Gasteiger partial charge < -0.3 is 0 Å². The van der Waals surface area contributed by atoms with Crippen LogP contribution in [-0.4, -0.2) is 8.07 Å². The molecule has 0 nitrogen and oxygen atoms in total. The quantitative estimate of drug-likeness (QED) is 0.530. The summed E-state index contributed by atoms with van der Waals surface area (Å²) in [5.41, 5.74) is 5.95. The summed E-state index contributed by atoms with van der Waals surface area (Å²) >= 11 is 0. The van der Waals surface area contributed by atoms with Gasteiger partial charge in [-0.15, -0.1) is 5.54 Å². The Kier molecular flexibility index (Phi) is 4.38. The average molecular weight is 230 g/mol. The van der Waals surface area contributed by atoms with Crippen LogP contribution in [0.15, 0.2) is 24.3 Å². The van der Waals surface area contributed by atoms with Crippen LogP contribution in [0.3, 0.4) is 0 Å². The Morgan fingerprint density at radius 3 is 2.06 bits per heavy atom. The zero-order valence-corrected chi connectivity index (χ0v) is 12.1. The molecule has 86 valence electrons. The molecule has 0 fully saturated rings. The molecule has 0 aliphatic heterocycles. The molecule has 0 unspecified atom stereocenters. The summed E-state index contributed by atoms with van der Waals surface area (Å²) in [5, 5.41) is 0. The maximum absolute atomic E-state index is 3.39. The SMILES string of the molecule is CC(C)Cc1ccc(C#C[Si](C)(C)C)cc1. The second-order valence-corrected chi connectivity index (χ2v) is 10.5. The standard InChI is InChI=1S/C15H22Si/c1-13(2)12-15-8-6-14(7-9-15)10-11-16(3,4)5/h6-9,13H,12H2,1-5H3. The Morgan fingerprint density at radius 2 is 1.62 bits per heavy atom. The van der Waals surface area contributed by atoms with E-state index >= 15 is 0 Å². The van der Waals surface area contributed by atoms with Crippen molar-refractivity contribution >= 4 is 8.07 Å². The van der Waals surface area contributed by atoms with Gasteiger partial charge in [0.25, 0.3) is 0 Å². The van der Waals surface area contributed by atoms with Crippen molar-refractivity contribution in [3.05, 3.63) is 35.4 Å². The molecule has 0 N–H and O–H groups in total. The van der Waals surface area contributed by atoms with Crippen LogP contribution in [0.1, 0.15) is 25.0 Å². The minimum Gasteiger partial charge on any atom is -0.127 e. The van der Waals surface area contributed by atoms with Gasteiger partial charge in [-0.1, -0.05) is 51.5 Å². The van der Waals surface area contributed by atoms with Crippen molar-refractivity contribution in [2.45, 2.75) is 39.9 Å². The maximum Gasteiger partial charge on any atom is 0.129 e. The van der Waals surface area contributed by atoms with Gasteiger partial charge >= 0.3 is 0 Å². The number of benzene rings is 1. The number of rotatable bonds is 2. The van der Waals surface area contributed by atoms with Crippen molar-refractivity contribution in [3.8, 4) is 11.5 Å². The van der Waals surface area contributed by atoms with Gasteiger partial charge in [0.15, 0.2) is 0 Å². The van der Waals surface area contributed by atoms with E-state index in [1.165, 1.54) is 5.56 Å². The van der Waals surface area contributed by atoms with E-state index in [1.807, 2.05) is 0 Å². The fraction of sp³-hybridized carbons (Fsp3) is 0.467. The molecule has 1 aromatic rings. The molecule has 0 saturated carbocycles. The molecule has 0 amide bonds. The van der Waals surface area contributed by atoms with Gasteiger partial charge in [-0.2, -0.15) is 0 Å². The summed E-state index contributed by atoms with van der Waals surface area (Å²) in [6, 6.07) is 8.69. The predicted molar refractivity (Wildman–Crippen MR) is 75.2 cm³/mol. The van der Waals surface area contributed by atoms with Gasteiger partial charge in [-0.25, -0.2) is 0 Å². The van der Waals surface area contributed by atoms with E-state index in [0.717, 1.165) is 17.9 Å². The van der Waals surface area contributed by atoms with Crippen molar-refractivity contribution in [3.63, 3.8) is 0 Å². The highest BCUT2D eigenvalue weighted by molar-refractivity contribution is 6.83. The molecule has 0 heterocycles. The molecule has 0 radical (unpaired) electrons. The van der Waals surface area contributed by atoms with Crippen LogP contribution >= 0.6 is 0 Å². The van der Waals surface area contributed by atoms with Crippen LogP contribution in [0.25, 0.3) is 0 Å². The van der Waals surface area contributed by atoms with Crippen molar-refractivity contribution in [1.29, 1.82) is 0 Å². The summed E-state index contributed by atoms with van der Waals surface area (Å²) < 4.78 is 0. The molecule has 0 aliphatic rings. The van der Waals surface area contributed by atoms with Crippen molar-refractivity contribution < 1.29 is 0 Å². The number of hydrogen-bond acceptors (Lipinski definition) is 0. The molecular formula is C15H22Si. The normalized spacial score (nSPS) is 11.1. The molecule has 0 saturated heterocycles. The van der Waals surface area contributed by atoms with Gasteiger partial charge in [0.05, 0.1) is 0 Å². The first-order valence-electron chi connectivity index (χ1n) is 5.99. The zero-order valence-electron chi connectivity index (χ0n) is 11.1. The van der Waals surface area contributed by atoms with Crippen molar-refractivity contribution in [2.24, 2.45) is 5.92 Å². The summed E-state index contributed by atoms with van der Waals surface area (Å²) in [6.45, 7) is 11.3. The minimum atomic E-state index is -1.24. The fourth-order valence-electron chi connectivity index (χ4n) is 1.46. The van der Waals surface area contributed by atoms with Crippen LogP contribution in [0.4, 0.5) is 0 Å². The van der Waals surface area contributed by atoms with E-state index in [-0.39, 0.29) is 0 Å². The topological polar surface area (TPSA) is 0 Å². The van der Waals surface area contributed by atoms with Crippen LogP contribution < -0.4 is 0 Å². The Labute approximate surface area is 101 Å². The third-order valence-corrected chi connectivity index (χ3v) is 3.05. The molecule has 0 bridgehead atoms. The lowest BCUT2D eigenvalue weighted by Gasteiger charge is -2.05. The molecule has 1 heteroatoms.